The lowest BCUT2D eigenvalue weighted by molar-refractivity contribution is -0.139. The summed E-state index contributed by atoms with van der Waals surface area (Å²) in [5, 5.41) is 0. The number of hydrogen-bond donors (Lipinski definition) is 0. The van der Waals surface area contributed by atoms with Gasteiger partial charge in [-0.1, -0.05) is 69.5 Å². The Morgan fingerprint density at radius 3 is 2.16 bits per heavy atom. The molecule has 1 aliphatic rings. The molecule has 1 aromatic heterocycles. The first kappa shape index (κ1) is 32.9. The molecule has 1 aliphatic carbocycles. The molecule has 0 unspecified atom stereocenters. The normalized spacial score (nSPS) is 15.3. The highest BCUT2D eigenvalue weighted by Gasteiger charge is 2.37. The summed E-state index contributed by atoms with van der Waals surface area (Å²) in [6.07, 6.45) is 13.1. The first-order valence-electron chi connectivity index (χ1n) is 15.6. The first-order chi connectivity index (χ1) is 20.4. The maximum atomic E-state index is 12.1. The van der Waals surface area contributed by atoms with Gasteiger partial charge in [0.15, 0.2) is 0 Å². The van der Waals surface area contributed by atoms with E-state index >= 15 is 0 Å². The number of aryl methyl sites for hydroxylation is 3. The van der Waals surface area contributed by atoms with E-state index in [0.717, 1.165) is 73.6 Å². The minimum Gasteiger partial charge on any atom is -0.469 e. The molecule has 0 amide bonds. The van der Waals surface area contributed by atoms with Crippen molar-refractivity contribution < 1.29 is 22.1 Å². The monoisotopic (exact) mass is 605 g/mol. The Balaban J connectivity index is 1.60. The van der Waals surface area contributed by atoms with Gasteiger partial charge in [-0.15, -0.1) is 0 Å². The third kappa shape index (κ3) is 7.74. The molecule has 0 radical (unpaired) electrons. The zero-order valence-electron chi connectivity index (χ0n) is 26.7. The van der Waals surface area contributed by atoms with Crippen LogP contribution in [0.2, 0.25) is 0 Å². The molecule has 0 aliphatic heterocycles. The van der Waals surface area contributed by atoms with Crippen molar-refractivity contribution in [3.05, 3.63) is 88.2 Å². The molecule has 4 rings (SSSR count). The van der Waals surface area contributed by atoms with Crippen LogP contribution in [0.5, 0.6) is 0 Å². The number of ether oxygens (including phenoxy) is 1. The number of hydrogen-bond acceptors (Lipinski definition) is 6. The third-order valence-corrected chi connectivity index (χ3v) is 10.2. The van der Waals surface area contributed by atoms with Gasteiger partial charge in [0.1, 0.15) is 0 Å². The van der Waals surface area contributed by atoms with Gasteiger partial charge in [-0.05, 0) is 97.4 Å². The molecule has 1 heterocycles. The van der Waals surface area contributed by atoms with Crippen LogP contribution in [0.1, 0.15) is 98.6 Å². The second kappa shape index (κ2) is 13.7. The second-order valence-corrected chi connectivity index (χ2v) is 13.9. The number of esters is 1. The fourth-order valence-corrected chi connectivity index (χ4v) is 7.91. The van der Waals surface area contributed by atoms with Gasteiger partial charge in [0.25, 0.3) is 10.1 Å². The summed E-state index contributed by atoms with van der Waals surface area (Å²) in [6.45, 7) is 8.82. The second-order valence-electron chi connectivity index (χ2n) is 12.3. The summed E-state index contributed by atoms with van der Waals surface area (Å²) >= 11 is 0. The zero-order chi connectivity index (χ0) is 31.3. The Labute approximate surface area is 258 Å². The van der Waals surface area contributed by atoms with Gasteiger partial charge >= 0.3 is 5.97 Å². The van der Waals surface area contributed by atoms with Crippen LogP contribution in [0.15, 0.2) is 54.9 Å². The molecule has 7 heteroatoms. The van der Waals surface area contributed by atoms with Crippen LogP contribution in [0.25, 0.3) is 11.1 Å². The molecule has 1 saturated carbocycles. The van der Waals surface area contributed by atoms with Crippen LogP contribution < -0.4 is 0 Å². The highest BCUT2D eigenvalue weighted by molar-refractivity contribution is 7.86. The number of pyridine rings is 1. The van der Waals surface area contributed by atoms with Crippen molar-refractivity contribution >= 4 is 16.1 Å². The molecule has 0 N–H and O–H groups in total. The third-order valence-electron chi connectivity index (χ3n) is 9.51. The van der Waals surface area contributed by atoms with E-state index in [-0.39, 0.29) is 17.8 Å². The predicted molar refractivity (Wildman–Crippen MR) is 173 cm³/mol. The van der Waals surface area contributed by atoms with E-state index in [0.29, 0.717) is 6.42 Å². The summed E-state index contributed by atoms with van der Waals surface area (Å²) in [4.78, 5) is 16.2. The van der Waals surface area contributed by atoms with Crippen LogP contribution in [0.3, 0.4) is 0 Å². The molecule has 0 spiro atoms. The molecule has 0 bridgehead atoms. The molecule has 232 valence electrons. The van der Waals surface area contributed by atoms with Crippen molar-refractivity contribution in [1.29, 1.82) is 0 Å². The number of carbonyl (C=O) groups excluding carboxylic acids is 1. The number of benzene rings is 2. The molecule has 2 aromatic carbocycles. The number of carbonyl (C=O) groups is 1. The smallest absolute Gasteiger partial charge is 0.310 e. The molecule has 0 atom stereocenters. The summed E-state index contributed by atoms with van der Waals surface area (Å²) in [6, 6.07) is 15.6. The lowest BCUT2D eigenvalue weighted by Gasteiger charge is -2.36. The van der Waals surface area contributed by atoms with Crippen LogP contribution in [0.4, 0.5) is 0 Å². The maximum absolute atomic E-state index is 12.1. The summed E-state index contributed by atoms with van der Waals surface area (Å²) in [5.74, 6) is -0.279. The lowest BCUT2D eigenvalue weighted by Crippen LogP contribution is -2.37. The molecule has 3 aromatic rings. The Morgan fingerprint density at radius 1 is 0.930 bits per heavy atom. The number of rotatable bonds is 12. The maximum Gasteiger partial charge on any atom is 0.310 e. The zero-order valence-corrected chi connectivity index (χ0v) is 27.5. The minimum atomic E-state index is -3.51. The van der Waals surface area contributed by atoms with E-state index in [9.17, 15) is 13.2 Å². The largest absolute Gasteiger partial charge is 0.469 e. The first-order valence-corrected chi connectivity index (χ1v) is 17.4. The van der Waals surface area contributed by atoms with Crippen LogP contribution >= 0.6 is 0 Å². The fraction of sp³-hybridized carbons (Fsp3) is 0.500. The van der Waals surface area contributed by atoms with Crippen molar-refractivity contribution in [3.8, 4) is 11.1 Å². The van der Waals surface area contributed by atoms with E-state index in [1.807, 2.05) is 12.3 Å². The molecular weight excluding hydrogens is 558 g/mol. The van der Waals surface area contributed by atoms with E-state index in [2.05, 4.69) is 69.1 Å². The van der Waals surface area contributed by atoms with E-state index in [4.69, 9.17) is 8.92 Å². The van der Waals surface area contributed by atoms with Crippen LogP contribution in [-0.4, -0.2) is 38.3 Å². The van der Waals surface area contributed by atoms with Gasteiger partial charge in [-0.25, -0.2) is 0 Å². The van der Waals surface area contributed by atoms with E-state index < -0.39 is 15.7 Å². The highest BCUT2D eigenvalue weighted by atomic mass is 32.2. The standard InChI is InChI=1S/C36H47NO5S/c1-7-36(8-2,32-14-15-33(27(4)21-32)30-22-28(24-37-25-30)23-34(38)41-5)31-13-12-29(26(3)20-31)16-19-35(42-43(6,39)40)17-10-9-11-18-35/h12-15,20-22,24-25H,7-11,16-19,23H2,1-6H3. The lowest BCUT2D eigenvalue weighted by atomic mass is 9.69. The van der Waals surface area contributed by atoms with Crippen molar-refractivity contribution in [1.82, 2.24) is 4.98 Å². The molecule has 6 nitrogen and oxygen atoms in total. The van der Waals surface area contributed by atoms with Crippen molar-refractivity contribution in [2.45, 2.75) is 103 Å². The summed E-state index contributed by atoms with van der Waals surface area (Å²) in [5.41, 5.74) is 8.43. The van der Waals surface area contributed by atoms with Crippen LogP contribution in [0, 0.1) is 13.8 Å². The van der Waals surface area contributed by atoms with Gasteiger partial charge in [-0.3, -0.25) is 14.0 Å². The Morgan fingerprint density at radius 2 is 1.58 bits per heavy atom. The van der Waals surface area contributed by atoms with Gasteiger partial charge in [0.2, 0.25) is 0 Å². The SMILES string of the molecule is CCC(CC)(c1ccc(CCC2(OS(C)(=O)=O)CCCCC2)c(C)c1)c1ccc(-c2cncc(CC(=O)OC)c2)c(C)c1. The summed E-state index contributed by atoms with van der Waals surface area (Å²) < 4.78 is 34.7. The van der Waals surface area contributed by atoms with Crippen molar-refractivity contribution in [2.24, 2.45) is 0 Å². The molecule has 1 fully saturated rings. The predicted octanol–water partition coefficient (Wildman–Crippen LogP) is 7.80. The van der Waals surface area contributed by atoms with Crippen molar-refractivity contribution in [2.75, 3.05) is 13.4 Å². The molecule has 43 heavy (non-hydrogen) atoms. The average Bonchev–Trinajstić information content (AvgIpc) is 2.97. The summed E-state index contributed by atoms with van der Waals surface area (Å²) in [7, 11) is -2.12. The highest BCUT2D eigenvalue weighted by Crippen LogP contribution is 2.42. The quantitative estimate of drug-likeness (QED) is 0.155. The number of nitrogens with zero attached hydrogens (tertiary/aromatic N) is 1. The Hall–Kier alpha value is -3.03. The van der Waals surface area contributed by atoms with E-state index in [1.165, 1.54) is 35.6 Å². The van der Waals surface area contributed by atoms with Gasteiger partial charge in [0.05, 0.1) is 25.4 Å². The van der Waals surface area contributed by atoms with Gasteiger partial charge in [-0.2, -0.15) is 8.42 Å². The number of methoxy groups -OCH3 is 1. The van der Waals surface area contributed by atoms with E-state index in [1.54, 1.807) is 6.20 Å². The molecule has 0 saturated heterocycles. The number of aromatic nitrogens is 1. The Bertz CT molecular complexity index is 1530. The fourth-order valence-electron chi connectivity index (χ4n) is 7.02. The Kier molecular flexibility index (Phi) is 10.5. The van der Waals surface area contributed by atoms with Crippen molar-refractivity contribution in [3.63, 3.8) is 0 Å². The average molecular weight is 606 g/mol. The van der Waals surface area contributed by atoms with Gasteiger partial charge < -0.3 is 4.74 Å². The van der Waals surface area contributed by atoms with Gasteiger partial charge in [0, 0.05) is 23.4 Å². The minimum absolute atomic E-state index is 0.137. The molecular formula is C36H47NO5S. The van der Waals surface area contributed by atoms with Crippen LogP contribution in [-0.2, 0) is 42.1 Å². The topological polar surface area (TPSA) is 82.6 Å².